The van der Waals surface area contributed by atoms with Crippen molar-refractivity contribution in [3.63, 3.8) is 0 Å². The summed E-state index contributed by atoms with van der Waals surface area (Å²) in [6.45, 7) is 5.31. The molecular formula is C25H30N4O6. The molecule has 0 saturated carbocycles. The maximum Gasteiger partial charge on any atom is 0.412 e. The van der Waals surface area contributed by atoms with Crippen molar-refractivity contribution < 1.29 is 28.6 Å². The van der Waals surface area contributed by atoms with Gasteiger partial charge in [0.1, 0.15) is 23.7 Å². The summed E-state index contributed by atoms with van der Waals surface area (Å²) in [5.41, 5.74) is 0.254. The Kier molecular flexibility index (Phi) is 9.51. The second kappa shape index (κ2) is 12.3. The zero-order valence-corrected chi connectivity index (χ0v) is 20.7. The van der Waals surface area contributed by atoms with E-state index in [4.69, 9.17) is 14.2 Å². The van der Waals surface area contributed by atoms with Crippen molar-refractivity contribution in [2.24, 2.45) is 0 Å². The number of benzene rings is 1. The lowest BCUT2D eigenvalue weighted by atomic mass is 10.2. The predicted molar refractivity (Wildman–Crippen MR) is 131 cm³/mol. The summed E-state index contributed by atoms with van der Waals surface area (Å²) in [5, 5.41) is 2.39. The first-order chi connectivity index (χ1) is 16.5. The molecule has 0 radical (unpaired) electrons. The van der Waals surface area contributed by atoms with E-state index < -0.39 is 23.6 Å². The summed E-state index contributed by atoms with van der Waals surface area (Å²) < 4.78 is 15.2. The van der Waals surface area contributed by atoms with Crippen molar-refractivity contribution in [1.82, 2.24) is 15.3 Å². The quantitative estimate of drug-likeness (QED) is 0.343. The van der Waals surface area contributed by atoms with E-state index in [1.54, 1.807) is 58.0 Å². The van der Waals surface area contributed by atoms with Crippen molar-refractivity contribution in [2.75, 3.05) is 26.1 Å². The number of anilines is 1. The highest BCUT2D eigenvalue weighted by Crippen LogP contribution is 2.15. The molecule has 10 heteroatoms. The Bertz CT molecular complexity index is 1100. The van der Waals surface area contributed by atoms with Crippen molar-refractivity contribution >= 4 is 36.0 Å². The number of aromatic nitrogens is 2. The van der Waals surface area contributed by atoms with Crippen LogP contribution in [0.25, 0.3) is 12.2 Å². The summed E-state index contributed by atoms with van der Waals surface area (Å²) in [6, 6.07) is 10.7. The minimum absolute atomic E-state index is 0.0268. The van der Waals surface area contributed by atoms with Gasteiger partial charge in [0.15, 0.2) is 5.82 Å². The van der Waals surface area contributed by atoms with Crippen LogP contribution in [0.15, 0.2) is 48.2 Å². The number of alkyl carbamates (subject to hydrolysis) is 1. The highest BCUT2D eigenvalue weighted by atomic mass is 16.6. The number of esters is 2. The summed E-state index contributed by atoms with van der Waals surface area (Å²) in [5.74, 6) is -0.640. The van der Waals surface area contributed by atoms with Gasteiger partial charge in [-0.1, -0.05) is 30.3 Å². The fourth-order valence-corrected chi connectivity index (χ4v) is 2.60. The van der Waals surface area contributed by atoms with Crippen LogP contribution >= 0.6 is 0 Å². The Morgan fingerprint density at radius 3 is 2.37 bits per heavy atom. The molecule has 186 valence electrons. The van der Waals surface area contributed by atoms with Gasteiger partial charge in [0.25, 0.3) is 0 Å². The summed E-state index contributed by atoms with van der Waals surface area (Å²) in [7, 11) is 4.74. The molecule has 35 heavy (non-hydrogen) atoms. The number of ether oxygens (including phenoxy) is 3. The Morgan fingerprint density at radius 2 is 1.77 bits per heavy atom. The van der Waals surface area contributed by atoms with E-state index in [0.717, 1.165) is 5.56 Å². The molecule has 0 aliphatic heterocycles. The van der Waals surface area contributed by atoms with Crippen molar-refractivity contribution in [1.29, 1.82) is 0 Å². The monoisotopic (exact) mass is 482 g/mol. The topological polar surface area (TPSA) is 120 Å². The Balaban J connectivity index is 2.28. The van der Waals surface area contributed by atoms with E-state index in [0.29, 0.717) is 5.82 Å². The fourth-order valence-electron chi connectivity index (χ4n) is 2.60. The lowest BCUT2D eigenvalue weighted by Crippen LogP contribution is -2.28. The largest absolute Gasteiger partial charge is 0.464 e. The number of nitrogens with one attached hydrogen (secondary N) is 1. The molecule has 0 atom stereocenters. The molecule has 0 fully saturated rings. The minimum atomic E-state index is -0.836. The average molecular weight is 483 g/mol. The van der Waals surface area contributed by atoms with Gasteiger partial charge in [-0.15, -0.1) is 0 Å². The van der Waals surface area contributed by atoms with Gasteiger partial charge < -0.3 is 19.1 Å². The van der Waals surface area contributed by atoms with Crippen LogP contribution in [0, 0.1) is 0 Å². The first kappa shape index (κ1) is 27.0. The number of rotatable bonds is 8. The minimum Gasteiger partial charge on any atom is -0.464 e. The number of methoxy groups -OCH3 is 1. The SMILES string of the molecule is COC(=O)C(=Cc1cc(N(C)C)nc(C=CC(=O)OC(C)(C)C)n1)NC(=O)OCc1ccccc1. The van der Waals surface area contributed by atoms with Crippen LogP contribution in [0.2, 0.25) is 0 Å². The van der Waals surface area contributed by atoms with E-state index in [-0.39, 0.29) is 23.8 Å². The zero-order valence-electron chi connectivity index (χ0n) is 20.7. The van der Waals surface area contributed by atoms with Gasteiger partial charge in [0.05, 0.1) is 12.8 Å². The third kappa shape index (κ3) is 9.66. The maximum absolute atomic E-state index is 12.3. The molecule has 0 aliphatic rings. The lowest BCUT2D eigenvalue weighted by molar-refractivity contribution is -0.148. The van der Waals surface area contributed by atoms with Crippen LogP contribution in [-0.2, 0) is 30.4 Å². The fraction of sp³-hybridized carbons (Fsp3) is 0.320. The second-order valence-electron chi connectivity index (χ2n) is 8.51. The third-order valence-corrected chi connectivity index (χ3v) is 4.13. The molecule has 0 aliphatic carbocycles. The smallest absolute Gasteiger partial charge is 0.412 e. The van der Waals surface area contributed by atoms with Crippen LogP contribution in [0.3, 0.4) is 0 Å². The van der Waals surface area contributed by atoms with Crippen molar-refractivity contribution in [2.45, 2.75) is 33.0 Å². The number of carbonyl (C=O) groups excluding carboxylic acids is 3. The number of hydrogen-bond donors (Lipinski definition) is 1. The molecule has 1 N–H and O–H groups in total. The Morgan fingerprint density at radius 1 is 1.09 bits per heavy atom. The van der Waals surface area contributed by atoms with E-state index in [1.807, 2.05) is 18.2 Å². The highest BCUT2D eigenvalue weighted by molar-refractivity contribution is 5.96. The van der Waals surface area contributed by atoms with E-state index in [1.165, 1.54) is 25.3 Å². The van der Waals surface area contributed by atoms with E-state index in [2.05, 4.69) is 15.3 Å². The molecule has 0 spiro atoms. The van der Waals surface area contributed by atoms with Gasteiger partial charge in [0.2, 0.25) is 0 Å². The first-order valence-corrected chi connectivity index (χ1v) is 10.7. The first-order valence-electron chi connectivity index (χ1n) is 10.7. The number of nitrogens with zero attached hydrogens (tertiary/aromatic N) is 3. The van der Waals surface area contributed by atoms with Gasteiger partial charge in [-0.2, -0.15) is 0 Å². The lowest BCUT2D eigenvalue weighted by Gasteiger charge is -2.17. The second-order valence-corrected chi connectivity index (χ2v) is 8.51. The molecule has 0 saturated heterocycles. The molecule has 10 nitrogen and oxygen atoms in total. The van der Waals surface area contributed by atoms with Crippen molar-refractivity contribution in [3.05, 3.63) is 65.3 Å². The number of amides is 1. The van der Waals surface area contributed by atoms with E-state index >= 15 is 0 Å². The molecular weight excluding hydrogens is 452 g/mol. The zero-order chi connectivity index (χ0) is 26.0. The van der Waals surface area contributed by atoms with Gasteiger partial charge in [-0.3, -0.25) is 5.32 Å². The van der Waals surface area contributed by atoms with Crippen LogP contribution < -0.4 is 10.2 Å². The van der Waals surface area contributed by atoms with Gasteiger partial charge >= 0.3 is 18.0 Å². The number of carbonyl (C=O) groups is 3. The van der Waals surface area contributed by atoms with E-state index in [9.17, 15) is 14.4 Å². The number of hydrogen-bond acceptors (Lipinski definition) is 9. The van der Waals surface area contributed by atoms with Crippen LogP contribution in [0.4, 0.5) is 10.6 Å². The molecule has 1 aromatic heterocycles. The molecule has 2 rings (SSSR count). The molecule has 1 amide bonds. The summed E-state index contributed by atoms with van der Waals surface area (Å²) in [6.07, 6.45) is 3.11. The highest BCUT2D eigenvalue weighted by Gasteiger charge is 2.17. The molecule has 0 unspecified atom stereocenters. The molecule has 1 heterocycles. The average Bonchev–Trinajstić information content (AvgIpc) is 2.80. The van der Waals surface area contributed by atoms with Crippen LogP contribution in [0.5, 0.6) is 0 Å². The van der Waals surface area contributed by atoms with Crippen LogP contribution in [-0.4, -0.2) is 54.8 Å². The Labute approximate surface area is 204 Å². The Hall–Kier alpha value is -4.21. The molecule has 0 bridgehead atoms. The summed E-state index contributed by atoms with van der Waals surface area (Å²) in [4.78, 5) is 47.0. The van der Waals surface area contributed by atoms with Gasteiger partial charge in [-0.05, 0) is 38.5 Å². The predicted octanol–water partition coefficient (Wildman–Crippen LogP) is 3.34. The third-order valence-electron chi connectivity index (χ3n) is 4.13. The van der Waals surface area contributed by atoms with Gasteiger partial charge in [-0.25, -0.2) is 24.4 Å². The van der Waals surface area contributed by atoms with Gasteiger partial charge in [0, 0.05) is 26.2 Å². The summed E-state index contributed by atoms with van der Waals surface area (Å²) >= 11 is 0. The molecule has 1 aromatic carbocycles. The standard InChI is InChI=1S/C25H30N4O6/c1-25(2,3)35-22(30)13-12-20-26-18(15-21(28-20)29(4)5)14-19(23(31)33-6)27-24(32)34-16-17-10-8-7-9-11-17/h7-15H,16H2,1-6H3,(H,27,32). The molecule has 2 aromatic rings. The van der Waals surface area contributed by atoms with Crippen LogP contribution in [0.1, 0.15) is 37.9 Å². The normalized spacial score (nSPS) is 11.7. The van der Waals surface area contributed by atoms with Crippen molar-refractivity contribution in [3.8, 4) is 0 Å². The maximum atomic E-state index is 12.3.